The Morgan fingerprint density at radius 3 is 2.61 bits per heavy atom. The lowest BCUT2D eigenvalue weighted by Gasteiger charge is -2.19. The number of carbonyl (C=O) groups is 2. The van der Waals surface area contributed by atoms with Gasteiger partial charge >= 0.3 is 0 Å². The van der Waals surface area contributed by atoms with Crippen molar-refractivity contribution in [3.63, 3.8) is 0 Å². The van der Waals surface area contributed by atoms with Crippen LogP contribution in [-0.4, -0.2) is 33.4 Å². The predicted molar refractivity (Wildman–Crippen MR) is 106 cm³/mol. The van der Waals surface area contributed by atoms with Gasteiger partial charge in [0, 0.05) is 37.5 Å². The number of nitrogens with one attached hydrogen (secondary N) is 2. The second kappa shape index (κ2) is 9.70. The molecule has 0 aliphatic heterocycles. The van der Waals surface area contributed by atoms with Gasteiger partial charge in [-0.25, -0.2) is 4.98 Å². The molecule has 2 rings (SSSR count). The van der Waals surface area contributed by atoms with Crippen molar-refractivity contribution in [2.75, 3.05) is 6.54 Å². The first kappa shape index (κ1) is 21.2. The standard InChI is InChI=1S/C21H27N5O2/c1-16(12-19(27)25-21(2,3)14-22)8-9-24-20(28)18-6-4-17(5-7-18)13-26-11-10-23-15-26/h4-7,10-11,15-16H,8-9,12-13H2,1-3H3,(H,24,28)(H,25,27). The van der Waals surface area contributed by atoms with Crippen LogP contribution in [0.5, 0.6) is 0 Å². The number of benzene rings is 1. The summed E-state index contributed by atoms with van der Waals surface area (Å²) >= 11 is 0. The Bertz CT molecular complexity index is 819. The number of carbonyl (C=O) groups excluding carboxylic acids is 2. The van der Waals surface area contributed by atoms with Crippen LogP contribution in [0.25, 0.3) is 0 Å². The maximum atomic E-state index is 12.3. The minimum Gasteiger partial charge on any atom is -0.352 e. The quantitative estimate of drug-likeness (QED) is 0.697. The largest absolute Gasteiger partial charge is 0.352 e. The second-order valence-electron chi connectivity index (χ2n) is 7.57. The molecule has 0 bridgehead atoms. The molecule has 1 unspecified atom stereocenters. The molecule has 2 amide bonds. The van der Waals surface area contributed by atoms with E-state index in [0.29, 0.717) is 31.5 Å². The fourth-order valence-electron chi connectivity index (χ4n) is 2.73. The minimum atomic E-state index is -0.866. The van der Waals surface area contributed by atoms with Gasteiger partial charge in [0.25, 0.3) is 5.91 Å². The van der Waals surface area contributed by atoms with Crippen LogP contribution in [0.4, 0.5) is 0 Å². The Morgan fingerprint density at radius 2 is 2.00 bits per heavy atom. The first-order chi connectivity index (χ1) is 13.3. The zero-order chi connectivity index (χ0) is 20.6. The number of aromatic nitrogens is 2. The van der Waals surface area contributed by atoms with Crippen molar-refractivity contribution < 1.29 is 9.59 Å². The molecular weight excluding hydrogens is 354 g/mol. The van der Waals surface area contributed by atoms with E-state index in [9.17, 15) is 9.59 Å². The van der Waals surface area contributed by atoms with Gasteiger partial charge in [-0.2, -0.15) is 5.26 Å². The number of nitrogens with zero attached hydrogens (tertiary/aromatic N) is 3. The van der Waals surface area contributed by atoms with Gasteiger partial charge in [0.1, 0.15) is 5.54 Å². The average molecular weight is 381 g/mol. The van der Waals surface area contributed by atoms with Crippen LogP contribution in [0.3, 0.4) is 0 Å². The van der Waals surface area contributed by atoms with Gasteiger partial charge in [0.05, 0.1) is 12.4 Å². The molecule has 1 heterocycles. The van der Waals surface area contributed by atoms with E-state index in [1.165, 1.54) is 0 Å². The molecule has 148 valence electrons. The third kappa shape index (κ3) is 6.88. The highest BCUT2D eigenvalue weighted by Crippen LogP contribution is 2.10. The molecule has 2 N–H and O–H groups in total. The fraction of sp³-hybridized carbons (Fsp3) is 0.429. The van der Waals surface area contributed by atoms with Gasteiger partial charge in [0.15, 0.2) is 0 Å². The number of nitriles is 1. The van der Waals surface area contributed by atoms with E-state index in [2.05, 4.69) is 15.6 Å². The van der Waals surface area contributed by atoms with Crippen molar-refractivity contribution in [3.05, 3.63) is 54.1 Å². The van der Waals surface area contributed by atoms with Gasteiger partial charge < -0.3 is 15.2 Å². The van der Waals surface area contributed by atoms with Crippen LogP contribution in [0.2, 0.25) is 0 Å². The molecule has 0 spiro atoms. The monoisotopic (exact) mass is 381 g/mol. The molecule has 0 aliphatic carbocycles. The lowest BCUT2D eigenvalue weighted by molar-refractivity contribution is -0.123. The molecule has 1 aromatic carbocycles. The zero-order valence-corrected chi connectivity index (χ0v) is 16.6. The summed E-state index contributed by atoms with van der Waals surface area (Å²) in [7, 11) is 0. The van der Waals surface area contributed by atoms with Crippen LogP contribution in [0, 0.1) is 17.2 Å². The Labute approximate surface area is 165 Å². The average Bonchev–Trinajstić information content (AvgIpc) is 3.14. The smallest absolute Gasteiger partial charge is 0.251 e. The van der Waals surface area contributed by atoms with E-state index in [0.717, 1.165) is 5.56 Å². The number of hydrogen-bond acceptors (Lipinski definition) is 4. The maximum Gasteiger partial charge on any atom is 0.251 e. The fourth-order valence-corrected chi connectivity index (χ4v) is 2.73. The van der Waals surface area contributed by atoms with Crippen LogP contribution < -0.4 is 10.6 Å². The van der Waals surface area contributed by atoms with Crippen molar-refractivity contribution in [1.29, 1.82) is 5.26 Å². The summed E-state index contributed by atoms with van der Waals surface area (Å²) in [5.41, 5.74) is 0.833. The topological polar surface area (TPSA) is 99.8 Å². The first-order valence-corrected chi connectivity index (χ1v) is 9.34. The summed E-state index contributed by atoms with van der Waals surface area (Å²) in [4.78, 5) is 28.2. The summed E-state index contributed by atoms with van der Waals surface area (Å²) in [6.07, 6.45) is 6.39. The highest BCUT2D eigenvalue weighted by atomic mass is 16.2. The van der Waals surface area contributed by atoms with Crippen molar-refractivity contribution in [2.24, 2.45) is 5.92 Å². The molecule has 0 aliphatic rings. The number of hydrogen-bond donors (Lipinski definition) is 2. The molecule has 0 fully saturated rings. The summed E-state index contributed by atoms with van der Waals surface area (Å²) in [5.74, 6) is -0.178. The van der Waals surface area contributed by atoms with Crippen LogP contribution >= 0.6 is 0 Å². The second-order valence-corrected chi connectivity index (χ2v) is 7.57. The van der Waals surface area contributed by atoms with E-state index in [-0.39, 0.29) is 17.7 Å². The molecule has 7 heteroatoms. The van der Waals surface area contributed by atoms with Crippen molar-refractivity contribution in [3.8, 4) is 6.07 Å². The van der Waals surface area contributed by atoms with Gasteiger partial charge in [-0.15, -0.1) is 0 Å². The van der Waals surface area contributed by atoms with Crippen molar-refractivity contribution >= 4 is 11.8 Å². The van der Waals surface area contributed by atoms with Crippen LogP contribution in [0.15, 0.2) is 43.0 Å². The van der Waals surface area contributed by atoms with E-state index < -0.39 is 5.54 Å². The summed E-state index contributed by atoms with van der Waals surface area (Å²) < 4.78 is 1.96. The third-order valence-electron chi connectivity index (χ3n) is 4.33. The van der Waals surface area contributed by atoms with E-state index >= 15 is 0 Å². The van der Waals surface area contributed by atoms with E-state index in [4.69, 9.17) is 5.26 Å². The lowest BCUT2D eigenvalue weighted by Crippen LogP contribution is -2.42. The first-order valence-electron chi connectivity index (χ1n) is 9.34. The molecule has 2 aromatic rings. The molecule has 1 atom stereocenters. The summed E-state index contributed by atoms with van der Waals surface area (Å²) in [5, 5.41) is 14.5. The Balaban J connectivity index is 1.73. The number of amides is 2. The highest BCUT2D eigenvalue weighted by Gasteiger charge is 2.20. The molecular formula is C21H27N5O2. The molecule has 0 saturated carbocycles. The SMILES string of the molecule is CC(CCNC(=O)c1ccc(Cn2ccnc2)cc1)CC(=O)NC(C)(C)C#N. The van der Waals surface area contributed by atoms with Crippen LogP contribution in [-0.2, 0) is 11.3 Å². The van der Waals surface area contributed by atoms with Gasteiger partial charge in [-0.3, -0.25) is 9.59 Å². The normalized spacial score (nSPS) is 12.1. The Morgan fingerprint density at radius 1 is 1.29 bits per heavy atom. The zero-order valence-electron chi connectivity index (χ0n) is 16.6. The predicted octanol–water partition coefficient (Wildman–Crippen LogP) is 2.50. The van der Waals surface area contributed by atoms with Gasteiger partial charge in [0.2, 0.25) is 5.91 Å². The molecule has 7 nitrogen and oxygen atoms in total. The summed E-state index contributed by atoms with van der Waals surface area (Å²) in [6.45, 7) is 6.48. The Hall–Kier alpha value is -3.14. The van der Waals surface area contributed by atoms with Crippen molar-refractivity contribution in [2.45, 2.75) is 45.7 Å². The van der Waals surface area contributed by atoms with Crippen molar-refractivity contribution in [1.82, 2.24) is 20.2 Å². The molecule has 0 radical (unpaired) electrons. The van der Waals surface area contributed by atoms with Crippen LogP contribution in [0.1, 0.15) is 49.5 Å². The Kier molecular flexibility index (Phi) is 7.33. The molecule has 1 aromatic heterocycles. The van der Waals surface area contributed by atoms with Gasteiger partial charge in [-0.1, -0.05) is 19.1 Å². The highest BCUT2D eigenvalue weighted by molar-refractivity contribution is 5.94. The molecule has 0 saturated heterocycles. The minimum absolute atomic E-state index is 0.104. The lowest BCUT2D eigenvalue weighted by atomic mass is 10.0. The van der Waals surface area contributed by atoms with Gasteiger partial charge in [-0.05, 0) is 43.9 Å². The molecule has 28 heavy (non-hydrogen) atoms. The summed E-state index contributed by atoms with van der Waals surface area (Å²) in [6, 6.07) is 9.52. The number of rotatable bonds is 9. The van der Waals surface area contributed by atoms with E-state index in [1.807, 2.05) is 48.0 Å². The van der Waals surface area contributed by atoms with E-state index in [1.54, 1.807) is 26.4 Å². The maximum absolute atomic E-state index is 12.3. The number of imidazole rings is 1. The third-order valence-corrected chi connectivity index (χ3v) is 4.33.